The molecule has 3 aromatic carbocycles. The Morgan fingerprint density at radius 2 is 1.84 bits per heavy atom. The number of nitrogens with one attached hydrogen (secondary N) is 1. The van der Waals surface area contributed by atoms with Gasteiger partial charge < -0.3 is 15.2 Å². The van der Waals surface area contributed by atoms with Gasteiger partial charge in [-0.05, 0) is 53.9 Å². The molecule has 1 amide bonds. The number of benzene rings is 3. The SMILES string of the molecule is Cc1cc(CC(=O)O)ccc1NC(=O)c1c(Cl)ccc(OCc2cccc(F)c2)c1F. The van der Waals surface area contributed by atoms with Crippen molar-refractivity contribution in [3.63, 3.8) is 0 Å². The number of aryl methyl sites for hydroxylation is 1. The summed E-state index contributed by atoms with van der Waals surface area (Å²) in [6, 6.07) is 13.0. The lowest BCUT2D eigenvalue weighted by molar-refractivity contribution is -0.136. The lowest BCUT2D eigenvalue weighted by atomic mass is 10.1. The highest BCUT2D eigenvalue weighted by atomic mass is 35.5. The molecule has 160 valence electrons. The standard InChI is InChI=1S/C23H18ClF2NO4/c1-13-9-14(11-20(28)29)5-7-18(13)27-23(30)21-17(24)6-8-19(22(21)26)31-12-15-3-2-4-16(25)10-15/h2-10H,11-12H2,1H3,(H,27,30)(H,28,29). The van der Waals surface area contributed by atoms with Gasteiger partial charge in [0.1, 0.15) is 12.4 Å². The Labute approximate surface area is 182 Å². The lowest BCUT2D eigenvalue weighted by Gasteiger charge is -2.14. The van der Waals surface area contributed by atoms with Crippen molar-refractivity contribution in [3.8, 4) is 5.75 Å². The van der Waals surface area contributed by atoms with Crippen LogP contribution in [0, 0.1) is 18.6 Å². The average molecular weight is 446 g/mol. The summed E-state index contributed by atoms with van der Waals surface area (Å²) in [7, 11) is 0. The first-order valence-corrected chi connectivity index (χ1v) is 9.60. The molecule has 5 nitrogen and oxygen atoms in total. The van der Waals surface area contributed by atoms with Gasteiger partial charge in [-0.25, -0.2) is 8.78 Å². The van der Waals surface area contributed by atoms with Crippen molar-refractivity contribution >= 4 is 29.2 Å². The quantitative estimate of drug-likeness (QED) is 0.511. The molecule has 0 saturated heterocycles. The van der Waals surface area contributed by atoms with Crippen molar-refractivity contribution in [1.82, 2.24) is 0 Å². The molecule has 0 heterocycles. The third kappa shape index (κ3) is 5.58. The fraction of sp³-hybridized carbons (Fsp3) is 0.130. The van der Waals surface area contributed by atoms with Gasteiger partial charge in [0.05, 0.1) is 17.0 Å². The van der Waals surface area contributed by atoms with Crippen LogP contribution < -0.4 is 10.1 Å². The second kappa shape index (κ2) is 9.57. The number of carboxylic acid groups (broad SMARTS) is 1. The van der Waals surface area contributed by atoms with Gasteiger partial charge in [0, 0.05) is 5.69 Å². The zero-order valence-corrected chi connectivity index (χ0v) is 17.2. The maximum absolute atomic E-state index is 15.0. The van der Waals surface area contributed by atoms with E-state index in [2.05, 4.69) is 5.32 Å². The number of carbonyl (C=O) groups is 2. The molecular formula is C23H18ClF2NO4. The van der Waals surface area contributed by atoms with E-state index in [0.29, 0.717) is 22.4 Å². The van der Waals surface area contributed by atoms with Gasteiger partial charge in [-0.15, -0.1) is 0 Å². The number of aliphatic carboxylic acids is 1. The number of ether oxygens (including phenoxy) is 1. The van der Waals surface area contributed by atoms with E-state index in [0.717, 1.165) is 0 Å². The van der Waals surface area contributed by atoms with E-state index < -0.39 is 29.1 Å². The second-order valence-electron chi connectivity index (χ2n) is 6.83. The van der Waals surface area contributed by atoms with Gasteiger partial charge in [0.2, 0.25) is 0 Å². The monoisotopic (exact) mass is 445 g/mol. The Kier molecular flexibility index (Phi) is 6.87. The van der Waals surface area contributed by atoms with Crippen LogP contribution in [0.15, 0.2) is 54.6 Å². The molecule has 0 unspecified atom stereocenters. The van der Waals surface area contributed by atoms with E-state index in [4.69, 9.17) is 21.4 Å². The molecule has 0 fully saturated rings. The van der Waals surface area contributed by atoms with Crippen molar-refractivity contribution in [3.05, 3.63) is 93.5 Å². The summed E-state index contributed by atoms with van der Waals surface area (Å²) >= 11 is 6.05. The molecule has 3 aromatic rings. The molecular weight excluding hydrogens is 428 g/mol. The van der Waals surface area contributed by atoms with E-state index in [1.165, 1.54) is 30.3 Å². The van der Waals surface area contributed by atoms with Crippen molar-refractivity contribution in [1.29, 1.82) is 0 Å². The summed E-state index contributed by atoms with van der Waals surface area (Å²) < 4.78 is 33.7. The van der Waals surface area contributed by atoms with E-state index >= 15 is 0 Å². The van der Waals surface area contributed by atoms with Gasteiger partial charge >= 0.3 is 5.97 Å². The fourth-order valence-corrected chi connectivity index (χ4v) is 3.21. The topological polar surface area (TPSA) is 75.6 Å². The molecule has 0 aliphatic heterocycles. The highest BCUT2D eigenvalue weighted by Gasteiger charge is 2.21. The summed E-state index contributed by atoms with van der Waals surface area (Å²) in [6.07, 6.45) is -0.153. The Morgan fingerprint density at radius 1 is 1.06 bits per heavy atom. The van der Waals surface area contributed by atoms with E-state index in [1.54, 1.807) is 31.2 Å². The highest BCUT2D eigenvalue weighted by Crippen LogP contribution is 2.29. The molecule has 0 aromatic heterocycles. The molecule has 0 aliphatic carbocycles. The van der Waals surface area contributed by atoms with Crippen LogP contribution in [0.2, 0.25) is 5.02 Å². The molecule has 0 aliphatic rings. The van der Waals surface area contributed by atoms with Crippen molar-refractivity contribution in [2.45, 2.75) is 20.0 Å². The third-order valence-electron chi connectivity index (χ3n) is 4.46. The molecule has 0 radical (unpaired) electrons. The number of anilines is 1. The summed E-state index contributed by atoms with van der Waals surface area (Å²) in [6.45, 7) is 1.60. The summed E-state index contributed by atoms with van der Waals surface area (Å²) in [4.78, 5) is 23.5. The normalized spacial score (nSPS) is 10.6. The molecule has 8 heteroatoms. The van der Waals surface area contributed by atoms with Crippen LogP contribution in [-0.2, 0) is 17.8 Å². The van der Waals surface area contributed by atoms with E-state index in [-0.39, 0.29) is 23.8 Å². The number of hydrogen-bond donors (Lipinski definition) is 2. The summed E-state index contributed by atoms with van der Waals surface area (Å²) in [5.41, 5.74) is 1.67. The number of carbonyl (C=O) groups excluding carboxylic acids is 1. The minimum atomic E-state index is -0.972. The minimum Gasteiger partial charge on any atom is -0.486 e. The van der Waals surface area contributed by atoms with Gasteiger partial charge in [0.25, 0.3) is 5.91 Å². The molecule has 31 heavy (non-hydrogen) atoms. The second-order valence-corrected chi connectivity index (χ2v) is 7.23. The third-order valence-corrected chi connectivity index (χ3v) is 4.78. The number of carboxylic acids is 1. The molecule has 3 rings (SSSR count). The van der Waals surface area contributed by atoms with Crippen LogP contribution in [0.5, 0.6) is 5.75 Å². The van der Waals surface area contributed by atoms with Gasteiger partial charge in [0.15, 0.2) is 11.6 Å². The van der Waals surface area contributed by atoms with Gasteiger partial charge in [-0.1, -0.05) is 35.9 Å². The number of rotatable bonds is 7. The first-order valence-electron chi connectivity index (χ1n) is 9.22. The zero-order chi connectivity index (χ0) is 22.5. The first-order chi connectivity index (χ1) is 14.7. The van der Waals surface area contributed by atoms with Crippen molar-refractivity contribution in [2.24, 2.45) is 0 Å². The molecule has 0 bridgehead atoms. The van der Waals surface area contributed by atoms with Gasteiger partial charge in [-0.3, -0.25) is 9.59 Å². The van der Waals surface area contributed by atoms with Crippen LogP contribution in [0.3, 0.4) is 0 Å². The number of amides is 1. The predicted octanol–water partition coefficient (Wildman–Crippen LogP) is 5.39. The van der Waals surface area contributed by atoms with E-state index in [1.807, 2.05) is 0 Å². The minimum absolute atomic E-state index is 0.0957. The fourth-order valence-electron chi connectivity index (χ4n) is 2.98. The number of hydrogen-bond acceptors (Lipinski definition) is 3. The van der Waals surface area contributed by atoms with Crippen molar-refractivity contribution < 1.29 is 28.2 Å². The van der Waals surface area contributed by atoms with Crippen LogP contribution in [0.4, 0.5) is 14.5 Å². The van der Waals surface area contributed by atoms with Crippen LogP contribution in [0.1, 0.15) is 27.0 Å². The van der Waals surface area contributed by atoms with Crippen LogP contribution in [0.25, 0.3) is 0 Å². The van der Waals surface area contributed by atoms with Crippen LogP contribution in [-0.4, -0.2) is 17.0 Å². The Balaban J connectivity index is 1.79. The largest absolute Gasteiger partial charge is 0.486 e. The van der Waals surface area contributed by atoms with Crippen molar-refractivity contribution in [2.75, 3.05) is 5.32 Å². The molecule has 0 spiro atoms. The first kappa shape index (κ1) is 22.2. The van der Waals surface area contributed by atoms with E-state index in [9.17, 15) is 18.4 Å². The molecule has 2 N–H and O–H groups in total. The predicted molar refractivity (Wildman–Crippen MR) is 113 cm³/mol. The Morgan fingerprint density at radius 3 is 2.52 bits per heavy atom. The number of halogens is 3. The maximum Gasteiger partial charge on any atom is 0.307 e. The Bertz CT molecular complexity index is 1150. The summed E-state index contributed by atoms with van der Waals surface area (Å²) in [5.74, 6) is -3.34. The zero-order valence-electron chi connectivity index (χ0n) is 16.4. The summed E-state index contributed by atoms with van der Waals surface area (Å²) in [5, 5.41) is 11.4. The Hall–Kier alpha value is -3.45. The smallest absolute Gasteiger partial charge is 0.307 e. The average Bonchev–Trinajstić information content (AvgIpc) is 2.69. The maximum atomic E-state index is 15.0. The van der Waals surface area contributed by atoms with Gasteiger partial charge in [-0.2, -0.15) is 0 Å². The van der Waals surface area contributed by atoms with Crippen LogP contribution >= 0.6 is 11.6 Å². The molecule has 0 saturated carbocycles. The lowest BCUT2D eigenvalue weighted by Crippen LogP contribution is -2.16. The highest BCUT2D eigenvalue weighted by molar-refractivity contribution is 6.34. The molecule has 0 atom stereocenters.